The number of aryl methyl sites for hydroxylation is 1. The SMILES string of the molecule is Cc1ccc([C@@H]2[C@H](C(=O)Nc3nccs3)CCC(=O)N2C)cc1. The van der Waals surface area contributed by atoms with Crippen molar-refractivity contribution in [3.8, 4) is 0 Å². The second kappa shape index (κ2) is 6.50. The predicted molar refractivity (Wildman–Crippen MR) is 90.2 cm³/mol. The van der Waals surface area contributed by atoms with Crippen LogP contribution in [-0.4, -0.2) is 28.7 Å². The van der Waals surface area contributed by atoms with Crippen LogP contribution >= 0.6 is 11.3 Å². The van der Waals surface area contributed by atoms with E-state index in [1.54, 1.807) is 18.1 Å². The number of amides is 2. The molecule has 6 heteroatoms. The number of thiazole rings is 1. The minimum absolute atomic E-state index is 0.0777. The van der Waals surface area contributed by atoms with E-state index in [1.807, 2.05) is 36.6 Å². The van der Waals surface area contributed by atoms with Gasteiger partial charge in [0.15, 0.2) is 5.13 Å². The van der Waals surface area contributed by atoms with Gasteiger partial charge in [0.25, 0.3) is 0 Å². The van der Waals surface area contributed by atoms with Crippen molar-refractivity contribution in [2.24, 2.45) is 5.92 Å². The topological polar surface area (TPSA) is 62.3 Å². The molecule has 1 aromatic carbocycles. The zero-order valence-corrected chi connectivity index (χ0v) is 14.0. The van der Waals surface area contributed by atoms with Crippen LogP contribution in [0, 0.1) is 12.8 Å². The predicted octanol–water partition coefficient (Wildman–Crippen LogP) is 3.00. The van der Waals surface area contributed by atoms with Gasteiger partial charge >= 0.3 is 0 Å². The van der Waals surface area contributed by atoms with Gasteiger partial charge in [-0.3, -0.25) is 9.59 Å². The Morgan fingerprint density at radius 3 is 2.74 bits per heavy atom. The first-order chi connectivity index (χ1) is 11.1. The fourth-order valence-electron chi connectivity index (χ4n) is 3.02. The van der Waals surface area contributed by atoms with E-state index in [4.69, 9.17) is 0 Å². The zero-order chi connectivity index (χ0) is 16.4. The molecule has 0 radical (unpaired) electrons. The summed E-state index contributed by atoms with van der Waals surface area (Å²) in [4.78, 5) is 30.6. The molecule has 23 heavy (non-hydrogen) atoms. The van der Waals surface area contributed by atoms with E-state index in [0.29, 0.717) is 18.0 Å². The summed E-state index contributed by atoms with van der Waals surface area (Å²) in [7, 11) is 1.77. The van der Waals surface area contributed by atoms with Gasteiger partial charge in [0.2, 0.25) is 11.8 Å². The smallest absolute Gasteiger partial charge is 0.231 e. The van der Waals surface area contributed by atoms with Crippen LogP contribution in [0.2, 0.25) is 0 Å². The standard InChI is InChI=1S/C17H19N3O2S/c1-11-3-5-12(6-4-11)15-13(7-8-14(21)20(15)2)16(22)19-17-18-9-10-23-17/h3-6,9-10,13,15H,7-8H2,1-2H3,(H,18,19,22)/t13-,15-/m1/s1. The van der Waals surface area contributed by atoms with Crippen molar-refractivity contribution in [1.29, 1.82) is 0 Å². The highest BCUT2D eigenvalue weighted by Crippen LogP contribution is 2.36. The number of rotatable bonds is 3. The minimum Gasteiger partial charge on any atom is -0.338 e. The van der Waals surface area contributed by atoms with Crippen molar-refractivity contribution in [2.45, 2.75) is 25.8 Å². The number of anilines is 1. The summed E-state index contributed by atoms with van der Waals surface area (Å²) < 4.78 is 0. The van der Waals surface area contributed by atoms with E-state index in [1.165, 1.54) is 11.3 Å². The Morgan fingerprint density at radius 2 is 2.09 bits per heavy atom. The fraction of sp³-hybridized carbons (Fsp3) is 0.353. The third kappa shape index (κ3) is 3.27. The fourth-order valence-corrected chi connectivity index (χ4v) is 3.55. The molecule has 1 aliphatic rings. The Kier molecular flexibility index (Phi) is 4.43. The summed E-state index contributed by atoms with van der Waals surface area (Å²) in [6, 6.07) is 7.78. The average Bonchev–Trinajstić information content (AvgIpc) is 3.04. The lowest BCUT2D eigenvalue weighted by Gasteiger charge is -2.38. The van der Waals surface area contributed by atoms with Crippen molar-refractivity contribution in [3.63, 3.8) is 0 Å². The van der Waals surface area contributed by atoms with Gasteiger partial charge in [0.05, 0.1) is 12.0 Å². The number of carbonyl (C=O) groups is 2. The quantitative estimate of drug-likeness (QED) is 0.941. The number of likely N-dealkylation sites (tertiary alicyclic amines) is 1. The van der Waals surface area contributed by atoms with Gasteiger partial charge in [-0.1, -0.05) is 29.8 Å². The molecule has 0 bridgehead atoms. The molecular formula is C17H19N3O2S. The number of benzene rings is 1. The molecule has 1 fully saturated rings. The number of hydrogen-bond donors (Lipinski definition) is 1. The number of nitrogens with one attached hydrogen (secondary N) is 1. The summed E-state index contributed by atoms with van der Waals surface area (Å²) in [6.07, 6.45) is 2.61. The average molecular weight is 329 g/mol. The minimum atomic E-state index is -0.274. The zero-order valence-electron chi connectivity index (χ0n) is 13.2. The first-order valence-electron chi connectivity index (χ1n) is 7.59. The summed E-state index contributed by atoms with van der Waals surface area (Å²) >= 11 is 1.39. The van der Waals surface area contributed by atoms with Gasteiger partial charge < -0.3 is 10.2 Å². The van der Waals surface area contributed by atoms with E-state index in [-0.39, 0.29) is 23.8 Å². The maximum absolute atomic E-state index is 12.7. The normalized spacial score (nSPS) is 21.3. The third-order valence-electron chi connectivity index (χ3n) is 4.28. The molecule has 2 amide bonds. The lowest BCUT2D eigenvalue weighted by atomic mass is 9.84. The first-order valence-corrected chi connectivity index (χ1v) is 8.47. The molecule has 3 rings (SSSR count). The molecule has 2 atom stereocenters. The van der Waals surface area contributed by atoms with Crippen LogP contribution in [0.1, 0.15) is 30.0 Å². The molecule has 2 aromatic rings. The molecule has 120 valence electrons. The molecule has 0 aliphatic carbocycles. The van der Waals surface area contributed by atoms with E-state index < -0.39 is 0 Å². The van der Waals surface area contributed by atoms with Crippen LogP contribution < -0.4 is 5.32 Å². The molecule has 5 nitrogen and oxygen atoms in total. The number of aromatic nitrogens is 1. The second-order valence-electron chi connectivity index (χ2n) is 5.83. The number of hydrogen-bond acceptors (Lipinski definition) is 4. The summed E-state index contributed by atoms with van der Waals surface area (Å²) in [5, 5.41) is 5.29. The van der Waals surface area contributed by atoms with Gasteiger partial charge in [0.1, 0.15) is 0 Å². The Hall–Kier alpha value is -2.21. The lowest BCUT2D eigenvalue weighted by Crippen LogP contribution is -2.44. The van der Waals surface area contributed by atoms with Crippen molar-refractivity contribution in [3.05, 3.63) is 47.0 Å². The van der Waals surface area contributed by atoms with Crippen LogP contribution in [0.3, 0.4) is 0 Å². The highest BCUT2D eigenvalue weighted by atomic mass is 32.1. The maximum atomic E-state index is 12.7. The van der Waals surface area contributed by atoms with Crippen LogP contribution in [0.25, 0.3) is 0 Å². The van der Waals surface area contributed by atoms with Crippen LogP contribution in [0.4, 0.5) is 5.13 Å². The summed E-state index contributed by atoms with van der Waals surface area (Å²) in [5.41, 5.74) is 2.15. The summed E-state index contributed by atoms with van der Waals surface area (Å²) in [5.74, 6) is -0.275. The van der Waals surface area contributed by atoms with Crippen LogP contribution in [0.15, 0.2) is 35.8 Å². The van der Waals surface area contributed by atoms with Crippen LogP contribution in [0.5, 0.6) is 0 Å². The lowest BCUT2D eigenvalue weighted by molar-refractivity contribution is -0.140. The monoisotopic (exact) mass is 329 g/mol. The van der Waals surface area contributed by atoms with Gasteiger partial charge in [0, 0.05) is 25.0 Å². The first kappa shape index (κ1) is 15.7. The highest BCUT2D eigenvalue weighted by molar-refractivity contribution is 7.13. The van der Waals surface area contributed by atoms with Gasteiger partial charge in [-0.05, 0) is 18.9 Å². The molecule has 1 N–H and O–H groups in total. The number of carbonyl (C=O) groups excluding carboxylic acids is 2. The molecule has 0 unspecified atom stereocenters. The van der Waals surface area contributed by atoms with E-state index in [0.717, 1.165) is 11.1 Å². The van der Waals surface area contributed by atoms with E-state index in [9.17, 15) is 9.59 Å². The Balaban J connectivity index is 1.88. The van der Waals surface area contributed by atoms with Crippen molar-refractivity contribution in [2.75, 3.05) is 12.4 Å². The Morgan fingerprint density at radius 1 is 1.35 bits per heavy atom. The molecule has 0 spiro atoms. The van der Waals surface area contributed by atoms with Crippen molar-refractivity contribution < 1.29 is 9.59 Å². The molecule has 1 saturated heterocycles. The summed E-state index contributed by atoms with van der Waals surface area (Å²) in [6.45, 7) is 2.02. The van der Waals surface area contributed by atoms with E-state index in [2.05, 4.69) is 10.3 Å². The maximum Gasteiger partial charge on any atom is 0.231 e. The number of piperidine rings is 1. The Labute approximate surface area is 139 Å². The molecule has 2 heterocycles. The van der Waals surface area contributed by atoms with Gasteiger partial charge in [-0.2, -0.15) is 0 Å². The molecular weight excluding hydrogens is 310 g/mol. The van der Waals surface area contributed by atoms with Gasteiger partial charge in [-0.15, -0.1) is 11.3 Å². The second-order valence-corrected chi connectivity index (χ2v) is 6.73. The molecule has 1 aromatic heterocycles. The van der Waals surface area contributed by atoms with E-state index >= 15 is 0 Å². The highest BCUT2D eigenvalue weighted by Gasteiger charge is 2.38. The van der Waals surface area contributed by atoms with Crippen molar-refractivity contribution >= 4 is 28.3 Å². The van der Waals surface area contributed by atoms with Crippen molar-refractivity contribution in [1.82, 2.24) is 9.88 Å². The molecule has 1 aliphatic heterocycles. The third-order valence-corrected chi connectivity index (χ3v) is 4.97. The largest absolute Gasteiger partial charge is 0.338 e. The number of nitrogens with zero attached hydrogens (tertiary/aromatic N) is 2. The van der Waals surface area contributed by atoms with Crippen LogP contribution in [-0.2, 0) is 9.59 Å². The Bertz CT molecular complexity index is 697. The molecule has 0 saturated carbocycles. The van der Waals surface area contributed by atoms with Gasteiger partial charge in [-0.25, -0.2) is 4.98 Å².